The minimum Gasteiger partial charge on any atom is -0.373 e. The Morgan fingerprint density at radius 1 is 1.50 bits per heavy atom. The molecule has 0 saturated heterocycles. The first-order valence-corrected chi connectivity index (χ1v) is 7.99. The van der Waals surface area contributed by atoms with E-state index in [1.807, 2.05) is 0 Å². The lowest BCUT2D eigenvalue weighted by Gasteiger charge is -2.44. The molecule has 1 atom stereocenters. The van der Waals surface area contributed by atoms with Crippen LogP contribution in [0.3, 0.4) is 0 Å². The number of nitrogens with one attached hydrogen (secondary N) is 1. The summed E-state index contributed by atoms with van der Waals surface area (Å²) in [6.07, 6.45) is 4.90. The second-order valence-corrected chi connectivity index (χ2v) is 6.24. The molecule has 2 rings (SSSR count). The van der Waals surface area contributed by atoms with Gasteiger partial charge in [0.1, 0.15) is 0 Å². The molecule has 2 nitrogen and oxygen atoms in total. The SMILES string of the molecule is CCOC1(C(NC)c2ccsc2)CCC(C)CC1. The van der Waals surface area contributed by atoms with E-state index in [1.165, 1.54) is 31.2 Å². The molecule has 102 valence electrons. The Morgan fingerprint density at radius 2 is 2.22 bits per heavy atom. The molecule has 1 aliphatic carbocycles. The smallest absolute Gasteiger partial charge is 0.0876 e. The van der Waals surface area contributed by atoms with Crippen molar-refractivity contribution in [2.45, 2.75) is 51.2 Å². The van der Waals surface area contributed by atoms with E-state index in [1.54, 1.807) is 11.3 Å². The Hall–Kier alpha value is -0.380. The molecule has 3 heteroatoms. The quantitative estimate of drug-likeness (QED) is 0.871. The maximum Gasteiger partial charge on any atom is 0.0876 e. The van der Waals surface area contributed by atoms with E-state index in [0.717, 1.165) is 12.5 Å². The predicted molar refractivity (Wildman–Crippen MR) is 78.1 cm³/mol. The van der Waals surface area contributed by atoms with Crippen molar-refractivity contribution in [3.8, 4) is 0 Å². The zero-order chi connectivity index (χ0) is 13.0. The van der Waals surface area contributed by atoms with Gasteiger partial charge in [-0.15, -0.1) is 0 Å². The van der Waals surface area contributed by atoms with E-state index in [4.69, 9.17) is 4.74 Å². The van der Waals surface area contributed by atoms with Gasteiger partial charge >= 0.3 is 0 Å². The van der Waals surface area contributed by atoms with Crippen LogP contribution in [0, 0.1) is 5.92 Å². The highest BCUT2D eigenvalue weighted by molar-refractivity contribution is 7.07. The predicted octanol–water partition coefficient (Wildman–Crippen LogP) is 3.99. The van der Waals surface area contributed by atoms with E-state index in [-0.39, 0.29) is 5.60 Å². The van der Waals surface area contributed by atoms with Crippen LogP contribution >= 0.6 is 11.3 Å². The highest BCUT2D eigenvalue weighted by atomic mass is 32.1. The Morgan fingerprint density at radius 3 is 2.72 bits per heavy atom. The fraction of sp³-hybridized carbons (Fsp3) is 0.733. The number of rotatable bonds is 5. The average Bonchev–Trinajstić information content (AvgIpc) is 2.88. The van der Waals surface area contributed by atoms with Crippen LogP contribution in [0.25, 0.3) is 0 Å². The summed E-state index contributed by atoms with van der Waals surface area (Å²) in [6, 6.07) is 2.56. The van der Waals surface area contributed by atoms with Crippen molar-refractivity contribution in [3.05, 3.63) is 22.4 Å². The summed E-state index contributed by atoms with van der Waals surface area (Å²) in [5.74, 6) is 0.846. The van der Waals surface area contributed by atoms with Gasteiger partial charge in [-0.3, -0.25) is 0 Å². The van der Waals surface area contributed by atoms with Crippen LogP contribution < -0.4 is 5.32 Å². The lowest BCUT2D eigenvalue weighted by atomic mass is 9.74. The largest absolute Gasteiger partial charge is 0.373 e. The maximum absolute atomic E-state index is 6.24. The van der Waals surface area contributed by atoms with Crippen LogP contribution in [0.5, 0.6) is 0 Å². The molecule has 0 aromatic carbocycles. The van der Waals surface area contributed by atoms with Gasteiger partial charge in [-0.1, -0.05) is 6.92 Å². The number of thiophene rings is 1. The highest BCUT2D eigenvalue weighted by Crippen LogP contribution is 2.43. The zero-order valence-electron chi connectivity index (χ0n) is 11.7. The van der Waals surface area contributed by atoms with Crippen LogP contribution in [0.1, 0.15) is 51.1 Å². The van der Waals surface area contributed by atoms with Crippen molar-refractivity contribution < 1.29 is 4.74 Å². The Labute approximate surface area is 115 Å². The summed E-state index contributed by atoms with van der Waals surface area (Å²) < 4.78 is 6.24. The first-order valence-electron chi connectivity index (χ1n) is 7.05. The molecular formula is C15H25NOS. The van der Waals surface area contributed by atoms with Crippen LogP contribution in [0.15, 0.2) is 16.8 Å². The molecule has 0 aliphatic heterocycles. The number of likely N-dealkylation sites (N-methyl/N-ethyl adjacent to an activating group) is 1. The second-order valence-electron chi connectivity index (χ2n) is 5.46. The summed E-state index contributed by atoms with van der Waals surface area (Å²) in [6.45, 7) is 5.27. The minimum absolute atomic E-state index is 0.00289. The normalized spacial score (nSPS) is 30.3. The Bertz CT molecular complexity index is 341. The molecule has 18 heavy (non-hydrogen) atoms. The van der Waals surface area contributed by atoms with Crippen molar-refractivity contribution in [2.75, 3.05) is 13.7 Å². The van der Waals surface area contributed by atoms with E-state index in [0.29, 0.717) is 6.04 Å². The molecule has 1 fully saturated rings. The van der Waals surface area contributed by atoms with Gasteiger partial charge in [-0.25, -0.2) is 0 Å². The average molecular weight is 267 g/mol. The number of hydrogen-bond acceptors (Lipinski definition) is 3. The molecule has 1 N–H and O–H groups in total. The lowest BCUT2D eigenvalue weighted by Crippen LogP contribution is -2.47. The topological polar surface area (TPSA) is 21.3 Å². The van der Waals surface area contributed by atoms with Gasteiger partial charge in [0.15, 0.2) is 0 Å². The first kappa shape index (κ1) is 14.0. The molecule has 0 bridgehead atoms. The summed E-state index contributed by atoms with van der Waals surface area (Å²) in [5.41, 5.74) is 1.38. The third-order valence-corrected chi connectivity index (χ3v) is 4.95. The third kappa shape index (κ3) is 2.79. The summed E-state index contributed by atoms with van der Waals surface area (Å²) in [5, 5.41) is 7.90. The van der Waals surface area contributed by atoms with Crippen molar-refractivity contribution in [1.29, 1.82) is 0 Å². The van der Waals surface area contributed by atoms with Gasteiger partial charge in [0, 0.05) is 6.61 Å². The monoisotopic (exact) mass is 267 g/mol. The van der Waals surface area contributed by atoms with Crippen molar-refractivity contribution in [1.82, 2.24) is 5.32 Å². The molecule has 1 aromatic rings. The first-order chi connectivity index (χ1) is 8.72. The molecule has 1 unspecified atom stereocenters. The van der Waals surface area contributed by atoms with E-state index >= 15 is 0 Å². The Kier molecular flexibility index (Phi) is 4.82. The van der Waals surface area contributed by atoms with Gasteiger partial charge in [0.05, 0.1) is 11.6 Å². The van der Waals surface area contributed by atoms with Crippen molar-refractivity contribution >= 4 is 11.3 Å². The molecule has 1 aliphatic rings. The Balaban J connectivity index is 2.22. The molecule has 0 amide bonds. The van der Waals surface area contributed by atoms with Gasteiger partial charge in [0.2, 0.25) is 0 Å². The van der Waals surface area contributed by atoms with E-state index < -0.39 is 0 Å². The van der Waals surface area contributed by atoms with Crippen LogP contribution in [0.4, 0.5) is 0 Å². The second kappa shape index (κ2) is 6.18. The van der Waals surface area contributed by atoms with Gasteiger partial charge in [-0.05, 0) is 68.0 Å². The van der Waals surface area contributed by atoms with Crippen molar-refractivity contribution in [3.63, 3.8) is 0 Å². The van der Waals surface area contributed by atoms with Crippen molar-refractivity contribution in [2.24, 2.45) is 5.92 Å². The molecule has 0 radical (unpaired) electrons. The molecule has 1 heterocycles. The summed E-state index contributed by atoms with van der Waals surface area (Å²) in [7, 11) is 2.06. The minimum atomic E-state index is -0.00289. The molecule has 1 aromatic heterocycles. The maximum atomic E-state index is 6.24. The molecule has 1 saturated carbocycles. The molecule has 0 spiro atoms. The van der Waals surface area contributed by atoms with Gasteiger partial charge in [-0.2, -0.15) is 11.3 Å². The fourth-order valence-corrected chi connectivity index (χ4v) is 3.91. The van der Waals surface area contributed by atoms with E-state index in [9.17, 15) is 0 Å². The third-order valence-electron chi connectivity index (χ3n) is 4.24. The van der Waals surface area contributed by atoms with Gasteiger partial charge in [0.25, 0.3) is 0 Å². The summed E-state index contributed by atoms with van der Waals surface area (Å²) in [4.78, 5) is 0. The standard InChI is InChI=1S/C15H25NOS/c1-4-17-15(8-5-12(2)6-9-15)14(16-3)13-7-10-18-11-13/h7,10-12,14,16H,4-6,8-9H2,1-3H3. The van der Waals surface area contributed by atoms with Crippen LogP contribution in [-0.2, 0) is 4.74 Å². The van der Waals surface area contributed by atoms with Gasteiger partial charge < -0.3 is 10.1 Å². The fourth-order valence-electron chi connectivity index (χ4n) is 3.23. The van der Waals surface area contributed by atoms with E-state index in [2.05, 4.69) is 43.0 Å². The molecular weight excluding hydrogens is 242 g/mol. The number of hydrogen-bond donors (Lipinski definition) is 1. The van der Waals surface area contributed by atoms with Crippen LogP contribution in [-0.4, -0.2) is 19.3 Å². The van der Waals surface area contributed by atoms with Crippen LogP contribution in [0.2, 0.25) is 0 Å². The zero-order valence-corrected chi connectivity index (χ0v) is 12.6. The number of ether oxygens (including phenoxy) is 1. The lowest BCUT2D eigenvalue weighted by molar-refractivity contribution is -0.0961. The summed E-state index contributed by atoms with van der Waals surface area (Å²) >= 11 is 1.77. The highest BCUT2D eigenvalue weighted by Gasteiger charge is 2.42.